The molecule has 1 unspecified atom stereocenters. The Kier molecular flexibility index (Phi) is 6.40. The molecule has 0 radical (unpaired) electrons. The molecule has 1 fully saturated rings. The molecular weight excluding hydrogens is 360 g/mol. The van der Waals surface area contributed by atoms with Gasteiger partial charge < -0.3 is 15.4 Å². The Hall–Kier alpha value is -2.04. The molecule has 0 aromatic heterocycles. The van der Waals surface area contributed by atoms with Crippen LogP contribution in [0.3, 0.4) is 0 Å². The fourth-order valence-corrected chi connectivity index (χ4v) is 4.36. The molecule has 1 saturated heterocycles. The Morgan fingerprint density at radius 2 is 1.81 bits per heavy atom. The van der Waals surface area contributed by atoms with E-state index in [9.17, 15) is 4.79 Å². The van der Waals surface area contributed by atoms with Gasteiger partial charge in [-0.05, 0) is 42.0 Å². The number of rotatable bonds is 4. The van der Waals surface area contributed by atoms with E-state index in [-0.39, 0.29) is 24.2 Å². The number of nitrogens with two attached hydrogens (primary N) is 1. The van der Waals surface area contributed by atoms with E-state index in [0.717, 1.165) is 25.3 Å². The molecule has 2 N–H and O–H groups in total. The highest BCUT2D eigenvalue weighted by molar-refractivity contribution is 5.85. The van der Waals surface area contributed by atoms with E-state index in [2.05, 4.69) is 30.3 Å². The Morgan fingerprint density at radius 3 is 2.59 bits per heavy atom. The minimum Gasteiger partial charge on any atom is -0.493 e. The third kappa shape index (κ3) is 4.12. The molecule has 0 spiro atoms. The maximum atomic E-state index is 13.0. The normalized spacial score (nSPS) is 23.9. The van der Waals surface area contributed by atoms with Crippen LogP contribution in [0.15, 0.2) is 54.6 Å². The first-order valence-corrected chi connectivity index (χ1v) is 9.50. The number of nitrogens with zero attached hydrogens (tertiary/aromatic N) is 1. The second-order valence-corrected chi connectivity index (χ2v) is 7.39. The molecule has 27 heavy (non-hydrogen) atoms. The number of amides is 1. The van der Waals surface area contributed by atoms with Crippen LogP contribution in [-0.2, 0) is 4.79 Å². The summed E-state index contributed by atoms with van der Waals surface area (Å²) >= 11 is 0. The van der Waals surface area contributed by atoms with E-state index < -0.39 is 0 Å². The Morgan fingerprint density at radius 1 is 1.07 bits per heavy atom. The molecule has 2 aromatic carbocycles. The average molecular weight is 387 g/mol. The van der Waals surface area contributed by atoms with Crippen LogP contribution in [0, 0.1) is 5.92 Å². The van der Waals surface area contributed by atoms with E-state index >= 15 is 0 Å². The average Bonchev–Trinajstić information content (AvgIpc) is 3.14. The summed E-state index contributed by atoms with van der Waals surface area (Å²) < 4.78 is 5.73. The molecule has 4 rings (SSSR count). The van der Waals surface area contributed by atoms with Gasteiger partial charge in [-0.15, -0.1) is 12.4 Å². The van der Waals surface area contributed by atoms with Crippen LogP contribution < -0.4 is 10.5 Å². The molecule has 2 aliphatic heterocycles. The molecule has 2 aliphatic rings. The number of fused-ring (bicyclic) bond motifs is 1. The number of ether oxygens (including phenoxy) is 1. The van der Waals surface area contributed by atoms with Crippen molar-refractivity contribution in [2.75, 3.05) is 26.2 Å². The van der Waals surface area contributed by atoms with Crippen LogP contribution >= 0.6 is 12.4 Å². The van der Waals surface area contributed by atoms with E-state index in [1.54, 1.807) is 0 Å². The number of halogens is 1. The summed E-state index contributed by atoms with van der Waals surface area (Å²) in [5, 5.41) is 0. The predicted octanol–water partition coefficient (Wildman–Crippen LogP) is 3.57. The highest BCUT2D eigenvalue weighted by Crippen LogP contribution is 2.37. The van der Waals surface area contributed by atoms with Crippen molar-refractivity contribution in [2.45, 2.75) is 24.7 Å². The fourth-order valence-electron chi connectivity index (χ4n) is 4.36. The van der Waals surface area contributed by atoms with Gasteiger partial charge in [0, 0.05) is 25.4 Å². The first-order chi connectivity index (χ1) is 12.8. The van der Waals surface area contributed by atoms with Crippen molar-refractivity contribution in [3.8, 4) is 5.75 Å². The van der Waals surface area contributed by atoms with Crippen molar-refractivity contribution in [1.82, 2.24) is 4.90 Å². The summed E-state index contributed by atoms with van der Waals surface area (Å²) in [5.41, 5.74) is 8.47. The molecule has 0 saturated carbocycles. The summed E-state index contributed by atoms with van der Waals surface area (Å²) in [4.78, 5) is 15.0. The van der Waals surface area contributed by atoms with Crippen molar-refractivity contribution >= 4 is 18.3 Å². The van der Waals surface area contributed by atoms with Gasteiger partial charge in [0.05, 0.1) is 6.61 Å². The summed E-state index contributed by atoms with van der Waals surface area (Å²) in [7, 11) is 0. The van der Waals surface area contributed by atoms with Crippen molar-refractivity contribution in [3.05, 3.63) is 65.7 Å². The number of para-hydroxylation sites is 1. The van der Waals surface area contributed by atoms with E-state index in [1.165, 1.54) is 11.1 Å². The number of benzene rings is 2. The molecule has 2 aromatic rings. The van der Waals surface area contributed by atoms with Gasteiger partial charge >= 0.3 is 0 Å². The largest absolute Gasteiger partial charge is 0.493 e. The van der Waals surface area contributed by atoms with Gasteiger partial charge in [-0.2, -0.15) is 0 Å². The highest BCUT2D eigenvalue weighted by Gasteiger charge is 2.36. The second-order valence-electron chi connectivity index (χ2n) is 7.39. The van der Waals surface area contributed by atoms with Gasteiger partial charge in [0.15, 0.2) is 0 Å². The van der Waals surface area contributed by atoms with Gasteiger partial charge in [-0.1, -0.05) is 48.5 Å². The van der Waals surface area contributed by atoms with Crippen LogP contribution in [0.2, 0.25) is 0 Å². The fraction of sp³-hybridized carbons (Fsp3) is 0.409. The molecule has 4 nitrogen and oxygen atoms in total. The van der Waals surface area contributed by atoms with Crippen molar-refractivity contribution < 1.29 is 9.53 Å². The lowest BCUT2D eigenvalue weighted by Crippen LogP contribution is -2.31. The molecule has 1 amide bonds. The zero-order chi connectivity index (χ0) is 17.9. The first-order valence-electron chi connectivity index (χ1n) is 9.50. The van der Waals surface area contributed by atoms with Crippen LogP contribution in [0.5, 0.6) is 5.75 Å². The third-order valence-corrected chi connectivity index (χ3v) is 5.83. The quantitative estimate of drug-likeness (QED) is 0.873. The first kappa shape index (κ1) is 19.7. The molecule has 0 aliphatic carbocycles. The minimum atomic E-state index is 0. The van der Waals surface area contributed by atoms with E-state index in [1.807, 2.05) is 29.2 Å². The van der Waals surface area contributed by atoms with Crippen molar-refractivity contribution in [2.24, 2.45) is 11.7 Å². The molecule has 144 valence electrons. The summed E-state index contributed by atoms with van der Waals surface area (Å²) in [6, 6.07) is 18.5. The number of hydrogen-bond donors (Lipinski definition) is 1. The zero-order valence-electron chi connectivity index (χ0n) is 15.4. The topological polar surface area (TPSA) is 55.6 Å². The Labute approximate surface area is 167 Å². The van der Waals surface area contributed by atoms with Crippen LogP contribution in [0.1, 0.15) is 35.8 Å². The van der Waals surface area contributed by atoms with Gasteiger partial charge in [-0.25, -0.2) is 0 Å². The molecule has 5 heteroatoms. The van der Waals surface area contributed by atoms with Crippen LogP contribution in [-0.4, -0.2) is 37.0 Å². The lowest BCUT2D eigenvalue weighted by molar-refractivity contribution is -0.130. The highest BCUT2D eigenvalue weighted by atomic mass is 35.5. The molecule has 2 heterocycles. The van der Waals surface area contributed by atoms with Gasteiger partial charge in [0.2, 0.25) is 5.91 Å². The number of carbonyl (C=O) groups is 1. The standard InChI is InChI=1S/C22H26N2O2.ClH/c23-13-18-14-24(15-20(18)16-6-2-1-3-7-16)22(25)12-17-10-11-26-21-9-5-4-8-19(17)21;/h1-9,17-18,20H,10-15,23H2;1H/t17?,18-,20+;/m1./s1. The third-order valence-electron chi connectivity index (χ3n) is 5.83. The zero-order valence-corrected chi connectivity index (χ0v) is 16.2. The molecule has 0 bridgehead atoms. The van der Waals surface area contributed by atoms with Crippen LogP contribution in [0.4, 0.5) is 0 Å². The predicted molar refractivity (Wildman–Crippen MR) is 109 cm³/mol. The Balaban J connectivity index is 0.00000210. The number of hydrogen-bond acceptors (Lipinski definition) is 3. The molecule has 3 atom stereocenters. The van der Waals surface area contributed by atoms with Crippen molar-refractivity contribution in [3.63, 3.8) is 0 Å². The lowest BCUT2D eigenvalue weighted by Gasteiger charge is -2.27. The minimum absolute atomic E-state index is 0. The van der Waals surface area contributed by atoms with Gasteiger partial charge in [0.25, 0.3) is 0 Å². The number of carbonyl (C=O) groups excluding carboxylic acids is 1. The van der Waals surface area contributed by atoms with Crippen molar-refractivity contribution in [1.29, 1.82) is 0 Å². The Bertz CT molecular complexity index is 768. The summed E-state index contributed by atoms with van der Waals surface area (Å²) in [6.45, 7) is 2.84. The van der Waals surface area contributed by atoms with Gasteiger partial charge in [-0.3, -0.25) is 4.79 Å². The second kappa shape index (κ2) is 8.77. The summed E-state index contributed by atoms with van der Waals surface area (Å²) in [5.74, 6) is 2.10. The van der Waals surface area contributed by atoms with E-state index in [0.29, 0.717) is 31.4 Å². The maximum absolute atomic E-state index is 13.0. The smallest absolute Gasteiger partial charge is 0.223 e. The summed E-state index contributed by atoms with van der Waals surface area (Å²) in [6.07, 6.45) is 1.46. The maximum Gasteiger partial charge on any atom is 0.223 e. The number of likely N-dealkylation sites (tertiary alicyclic amines) is 1. The monoisotopic (exact) mass is 386 g/mol. The molecular formula is C22H27ClN2O2. The van der Waals surface area contributed by atoms with Gasteiger partial charge in [0.1, 0.15) is 5.75 Å². The SMILES string of the molecule is Cl.NC[C@@H]1CN(C(=O)CC2CCOc3ccccc32)C[C@H]1c1ccccc1. The van der Waals surface area contributed by atoms with E-state index in [4.69, 9.17) is 10.5 Å². The van der Waals surface area contributed by atoms with Crippen LogP contribution in [0.25, 0.3) is 0 Å². The lowest BCUT2D eigenvalue weighted by atomic mass is 9.89.